The van der Waals surface area contributed by atoms with Gasteiger partial charge < -0.3 is 10.6 Å². The van der Waals surface area contributed by atoms with Crippen molar-refractivity contribution in [2.45, 2.75) is 38.6 Å². The molecule has 1 aromatic carbocycles. The Balaban J connectivity index is 0.00000220. The van der Waals surface area contributed by atoms with Crippen LogP contribution in [-0.4, -0.2) is 29.9 Å². The van der Waals surface area contributed by atoms with Crippen LogP contribution in [0, 0.1) is 5.92 Å². The third kappa shape index (κ3) is 4.60. The van der Waals surface area contributed by atoms with Gasteiger partial charge in [0.25, 0.3) is 0 Å². The van der Waals surface area contributed by atoms with E-state index in [9.17, 15) is 4.79 Å². The monoisotopic (exact) mass is 330 g/mol. The van der Waals surface area contributed by atoms with Gasteiger partial charge in [0.1, 0.15) is 0 Å². The van der Waals surface area contributed by atoms with E-state index < -0.39 is 0 Å². The zero-order valence-corrected chi connectivity index (χ0v) is 14.2. The minimum absolute atomic E-state index is 0. The van der Waals surface area contributed by atoms with Crippen molar-refractivity contribution in [3.05, 3.63) is 34.9 Å². The first-order valence-corrected chi connectivity index (χ1v) is 7.66. The number of halogens is 2. The van der Waals surface area contributed by atoms with Crippen molar-refractivity contribution >= 4 is 29.9 Å². The molecule has 1 aromatic rings. The third-order valence-corrected chi connectivity index (χ3v) is 4.55. The maximum Gasteiger partial charge on any atom is 0.229 e. The summed E-state index contributed by atoms with van der Waals surface area (Å²) in [5, 5.41) is 0.679. The molecule has 0 saturated carbocycles. The molecule has 2 atom stereocenters. The molecular formula is C16H24Cl2N2O. The topological polar surface area (TPSA) is 46.3 Å². The predicted octanol–water partition coefficient (Wildman–Crippen LogP) is 3.45. The highest BCUT2D eigenvalue weighted by Crippen LogP contribution is 2.25. The largest absolute Gasteiger partial charge is 0.342 e. The average molecular weight is 331 g/mol. The fourth-order valence-electron chi connectivity index (χ4n) is 2.84. The van der Waals surface area contributed by atoms with Gasteiger partial charge in [-0.25, -0.2) is 0 Å². The van der Waals surface area contributed by atoms with Gasteiger partial charge in [0.05, 0.1) is 5.92 Å². The van der Waals surface area contributed by atoms with Gasteiger partial charge in [-0.1, -0.05) is 23.7 Å². The van der Waals surface area contributed by atoms with Crippen LogP contribution in [0.25, 0.3) is 0 Å². The summed E-state index contributed by atoms with van der Waals surface area (Å²) in [4.78, 5) is 14.5. The maximum absolute atomic E-state index is 12.5. The van der Waals surface area contributed by atoms with Gasteiger partial charge in [-0.2, -0.15) is 0 Å². The van der Waals surface area contributed by atoms with E-state index in [0.717, 1.165) is 31.5 Å². The molecule has 2 N–H and O–H groups in total. The van der Waals surface area contributed by atoms with E-state index in [4.69, 9.17) is 17.3 Å². The molecule has 0 radical (unpaired) electrons. The van der Waals surface area contributed by atoms with Crippen LogP contribution in [0.1, 0.15) is 38.2 Å². The molecule has 2 rings (SSSR count). The Morgan fingerprint density at radius 2 is 1.95 bits per heavy atom. The second kappa shape index (κ2) is 8.02. The van der Waals surface area contributed by atoms with Gasteiger partial charge in [0.2, 0.25) is 5.91 Å². The number of carbonyl (C=O) groups is 1. The number of hydrogen-bond donors (Lipinski definition) is 1. The van der Waals surface area contributed by atoms with Gasteiger partial charge in [-0.15, -0.1) is 12.4 Å². The second-order valence-corrected chi connectivity index (χ2v) is 6.23. The Kier molecular flexibility index (Phi) is 6.98. The molecule has 0 aromatic heterocycles. The van der Waals surface area contributed by atoms with Crippen molar-refractivity contribution < 1.29 is 4.79 Å². The first-order chi connectivity index (χ1) is 9.49. The van der Waals surface area contributed by atoms with Crippen molar-refractivity contribution in [2.24, 2.45) is 11.7 Å². The highest BCUT2D eigenvalue weighted by Gasteiger charge is 2.27. The number of rotatable bonds is 3. The van der Waals surface area contributed by atoms with Gasteiger partial charge in [-0.3, -0.25) is 4.79 Å². The molecule has 1 saturated heterocycles. The Labute approximate surface area is 138 Å². The lowest BCUT2D eigenvalue weighted by molar-refractivity contribution is -0.133. The van der Waals surface area contributed by atoms with Crippen LogP contribution in [-0.2, 0) is 4.79 Å². The first-order valence-electron chi connectivity index (χ1n) is 7.29. The molecule has 21 heavy (non-hydrogen) atoms. The van der Waals surface area contributed by atoms with E-state index in [-0.39, 0.29) is 30.3 Å². The molecule has 5 heteroatoms. The Morgan fingerprint density at radius 3 is 2.48 bits per heavy atom. The molecule has 1 amide bonds. The fourth-order valence-corrected chi connectivity index (χ4v) is 3.04. The quantitative estimate of drug-likeness (QED) is 0.922. The highest BCUT2D eigenvalue weighted by molar-refractivity contribution is 6.30. The normalized spacial score (nSPS) is 18.8. The number of likely N-dealkylation sites (tertiary alicyclic amines) is 1. The zero-order valence-electron chi connectivity index (χ0n) is 12.6. The molecule has 118 valence electrons. The van der Waals surface area contributed by atoms with Crippen LogP contribution in [0.3, 0.4) is 0 Å². The molecule has 0 spiro atoms. The van der Waals surface area contributed by atoms with Crippen LogP contribution in [0.5, 0.6) is 0 Å². The maximum atomic E-state index is 12.5. The minimum atomic E-state index is -0.138. The van der Waals surface area contributed by atoms with Crippen LogP contribution in [0.15, 0.2) is 24.3 Å². The predicted molar refractivity (Wildman–Crippen MR) is 90.1 cm³/mol. The molecular weight excluding hydrogens is 307 g/mol. The first kappa shape index (κ1) is 18.3. The number of hydrogen-bond acceptors (Lipinski definition) is 2. The van der Waals surface area contributed by atoms with Crippen molar-refractivity contribution in [3.63, 3.8) is 0 Å². The van der Waals surface area contributed by atoms with Crippen LogP contribution >= 0.6 is 24.0 Å². The van der Waals surface area contributed by atoms with Gasteiger partial charge in [-0.05, 0) is 50.3 Å². The van der Waals surface area contributed by atoms with Crippen molar-refractivity contribution in [3.8, 4) is 0 Å². The number of amides is 1. The SMILES string of the molecule is CC(C(=O)N1CCC(C(C)N)CC1)c1cccc(Cl)c1.Cl. The lowest BCUT2D eigenvalue weighted by Gasteiger charge is -2.35. The summed E-state index contributed by atoms with van der Waals surface area (Å²) in [5.74, 6) is 0.594. The van der Waals surface area contributed by atoms with E-state index in [0.29, 0.717) is 10.9 Å². The van der Waals surface area contributed by atoms with Crippen molar-refractivity contribution in [1.82, 2.24) is 4.90 Å². The van der Waals surface area contributed by atoms with E-state index in [1.807, 2.05) is 36.1 Å². The standard InChI is InChI=1S/C16H23ClN2O.ClH/c1-11(14-4-3-5-15(17)10-14)16(20)19-8-6-13(7-9-19)12(2)18;/h3-5,10-13H,6-9,18H2,1-2H3;1H. The summed E-state index contributed by atoms with van der Waals surface area (Å²) < 4.78 is 0. The minimum Gasteiger partial charge on any atom is -0.342 e. The molecule has 0 aliphatic carbocycles. The summed E-state index contributed by atoms with van der Waals surface area (Å²) in [6, 6.07) is 7.78. The fraction of sp³-hybridized carbons (Fsp3) is 0.562. The summed E-state index contributed by atoms with van der Waals surface area (Å²) in [6.07, 6.45) is 2.01. The van der Waals surface area contributed by atoms with E-state index in [1.165, 1.54) is 0 Å². The number of nitrogens with zero attached hydrogens (tertiary/aromatic N) is 1. The van der Waals surface area contributed by atoms with Crippen LogP contribution in [0.4, 0.5) is 0 Å². The third-order valence-electron chi connectivity index (χ3n) is 4.31. The summed E-state index contributed by atoms with van der Waals surface area (Å²) in [6.45, 7) is 5.63. The lowest BCUT2D eigenvalue weighted by Crippen LogP contribution is -2.43. The van der Waals surface area contributed by atoms with Gasteiger partial charge in [0.15, 0.2) is 0 Å². The van der Waals surface area contributed by atoms with Crippen molar-refractivity contribution in [2.75, 3.05) is 13.1 Å². The summed E-state index contributed by atoms with van der Waals surface area (Å²) in [5.41, 5.74) is 6.92. The van der Waals surface area contributed by atoms with Gasteiger partial charge >= 0.3 is 0 Å². The second-order valence-electron chi connectivity index (χ2n) is 5.80. The van der Waals surface area contributed by atoms with E-state index in [2.05, 4.69) is 6.92 Å². The van der Waals surface area contributed by atoms with Crippen LogP contribution < -0.4 is 5.73 Å². The Morgan fingerprint density at radius 1 is 1.33 bits per heavy atom. The molecule has 1 heterocycles. The zero-order chi connectivity index (χ0) is 14.7. The molecule has 3 nitrogen and oxygen atoms in total. The molecule has 0 bridgehead atoms. The summed E-state index contributed by atoms with van der Waals surface area (Å²) >= 11 is 5.99. The molecule has 1 aliphatic heterocycles. The van der Waals surface area contributed by atoms with Gasteiger partial charge in [0, 0.05) is 24.2 Å². The molecule has 2 unspecified atom stereocenters. The summed E-state index contributed by atoms with van der Waals surface area (Å²) in [7, 11) is 0. The average Bonchev–Trinajstić information content (AvgIpc) is 2.46. The van der Waals surface area contributed by atoms with Crippen LogP contribution in [0.2, 0.25) is 5.02 Å². The smallest absolute Gasteiger partial charge is 0.229 e. The number of benzene rings is 1. The lowest BCUT2D eigenvalue weighted by atomic mass is 9.90. The van der Waals surface area contributed by atoms with E-state index in [1.54, 1.807) is 0 Å². The number of carbonyl (C=O) groups excluding carboxylic acids is 1. The molecule has 1 fully saturated rings. The Hall–Kier alpha value is -0.770. The van der Waals surface area contributed by atoms with Crippen molar-refractivity contribution in [1.29, 1.82) is 0 Å². The number of nitrogens with two attached hydrogens (primary N) is 1. The van der Waals surface area contributed by atoms with E-state index >= 15 is 0 Å². The Bertz CT molecular complexity index is 471. The molecule has 1 aliphatic rings. The number of piperidine rings is 1. The highest BCUT2D eigenvalue weighted by atomic mass is 35.5.